The number of anilines is 2. The van der Waals surface area contributed by atoms with Crippen LogP contribution >= 0.6 is 0 Å². The molecule has 126 valence electrons. The second-order valence-corrected chi connectivity index (χ2v) is 5.43. The number of rotatable bonds is 3. The Morgan fingerprint density at radius 1 is 1.04 bits per heavy atom. The van der Waals surface area contributed by atoms with Crippen LogP contribution in [-0.2, 0) is 4.79 Å². The molecule has 7 heteroatoms. The third-order valence-electron chi connectivity index (χ3n) is 3.53. The Hall–Kier alpha value is -3.48. The van der Waals surface area contributed by atoms with E-state index in [-0.39, 0.29) is 22.6 Å². The molecule has 0 spiro atoms. The molecule has 0 fully saturated rings. The van der Waals surface area contributed by atoms with Crippen molar-refractivity contribution in [3.63, 3.8) is 0 Å². The number of fused-ring (bicyclic) bond motifs is 1. The third kappa shape index (κ3) is 3.55. The molecule has 1 aromatic heterocycles. The first kappa shape index (κ1) is 16.4. The van der Waals surface area contributed by atoms with Crippen LogP contribution in [-0.4, -0.2) is 16.8 Å². The largest absolute Gasteiger partial charge is 0.324 e. The van der Waals surface area contributed by atoms with Crippen molar-refractivity contribution >= 4 is 34.0 Å². The number of halogens is 1. The molecule has 3 aromatic rings. The first-order chi connectivity index (χ1) is 11.9. The Bertz CT molecular complexity index is 1040. The summed E-state index contributed by atoms with van der Waals surface area (Å²) >= 11 is 0. The molecule has 0 saturated carbocycles. The molecule has 0 saturated heterocycles. The van der Waals surface area contributed by atoms with Gasteiger partial charge < -0.3 is 15.6 Å². The Labute approximate surface area is 141 Å². The first-order valence-electron chi connectivity index (χ1n) is 7.44. The van der Waals surface area contributed by atoms with Crippen LogP contribution in [0.2, 0.25) is 0 Å². The summed E-state index contributed by atoms with van der Waals surface area (Å²) < 4.78 is 13.6. The van der Waals surface area contributed by atoms with Gasteiger partial charge in [0.2, 0.25) is 5.91 Å². The van der Waals surface area contributed by atoms with Gasteiger partial charge in [-0.2, -0.15) is 0 Å². The molecule has 1 heterocycles. The number of benzene rings is 2. The molecule has 0 aliphatic rings. The molecule has 0 aliphatic heterocycles. The van der Waals surface area contributed by atoms with Gasteiger partial charge in [0.05, 0.1) is 5.69 Å². The smallest absolute Gasteiger partial charge is 0.272 e. The van der Waals surface area contributed by atoms with Crippen molar-refractivity contribution in [2.45, 2.75) is 6.92 Å². The summed E-state index contributed by atoms with van der Waals surface area (Å²) in [7, 11) is 0. The SMILES string of the molecule is CC(=O)Nc1cc(NC(=O)c2cc3ccccc3c(=O)[nH]2)ccc1F. The van der Waals surface area contributed by atoms with Crippen LogP contribution in [0, 0.1) is 5.82 Å². The zero-order valence-corrected chi connectivity index (χ0v) is 13.2. The van der Waals surface area contributed by atoms with Gasteiger partial charge in [-0.3, -0.25) is 14.4 Å². The highest BCUT2D eigenvalue weighted by atomic mass is 19.1. The number of aromatic amines is 1. The van der Waals surface area contributed by atoms with Gasteiger partial charge in [0.15, 0.2) is 0 Å². The van der Waals surface area contributed by atoms with Crippen molar-refractivity contribution in [2.24, 2.45) is 0 Å². The standard InChI is InChI=1S/C18H14FN3O3/c1-10(23)20-15-9-12(6-7-14(15)19)21-18(25)16-8-11-4-2-3-5-13(11)17(24)22-16/h2-9H,1H3,(H,20,23)(H,21,25)(H,22,24). The fraction of sp³-hybridized carbons (Fsp3) is 0.0556. The molecule has 0 aliphatic carbocycles. The normalized spacial score (nSPS) is 10.5. The Balaban J connectivity index is 1.90. The lowest BCUT2D eigenvalue weighted by Gasteiger charge is -2.09. The maximum atomic E-state index is 13.6. The summed E-state index contributed by atoms with van der Waals surface area (Å²) in [6.45, 7) is 1.25. The number of hydrogen-bond acceptors (Lipinski definition) is 3. The minimum absolute atomic E-state index is 0.0442. The zero-order valence-electron chi connectivity index (χ0n) is 13.2. The van der Waals surface area contributed by atoms with Crippen LogP contribution < -0.4 is 16.2 Å². The number of carbonyl (C=O) groups is 2. The van der Waals surface area contributed by atoms with Gasteiger partial charge >= 0.3 is 0 Å². The molecule has 3 rings (SSSR count). The zero-order chi connectivity index (χ0) is 18.0. The maximum Gasteiger partial charge on any atom is 0.272 e. The summed E-state index contributed by atoms with van der Waals surface area (Å²) in [6, 6.07) is 12.2. The average molecular weight is 339 g/mol. The highest BCUT2D eigenvalue weighted by Gasteiger charge is 2.11. The number of pyridine rings is 1. The van der Waals surface area contributed by atoms with E-state index < -0.39 is 17.6 Å². The highest BCUT2D eigenvalue weighted by molar-refractivity contribution is 6.05. The Kier molecular flexibility index (Phi) is 4.30. The molecule has 25 heavy (non-hydrogen) atoms. The minimum Gasteiger partial charge on any atom is -0.324 e. The van der Waals surface area contributed by atoms with Crippen molar-refractivity contribution in [1.82, 2.24) is 4.98 Å². The van der Waals surface area contributed by atoms with E-state index in [0.717, 1.165) is 6.07 Å². The van der Waals surface area contributed by atoms with Gasteiger partial charge in [-0.15, -0.1) is 0 Å². The van der Waals surface area contributed by atoms with Crippen LogP contribution in [0.3, 0.4) is 0 Å². The third-order valence-corrected chi connectivity index (χ3v) is 3.53. The Morgan fingerprint density at radius 3 is 2.56 bits per heavy atom. The predicted octanol–water partition coefficient (Wildman–Crippen LogP) is 2.88. The van der Waals surface area contributed by atoms with Gasteiger partial charge in [0.25, 0.3) is 11.5 Å². The maximum absolute atomic E-state index is 13.6. The lowest BCUT2D eigenvalue weighted by atomic mass is 10.1. The van der Waals surface area contributed by atoms with Crippen LogP contribution in [0.25, 0.3) is 10.8 Å². The van der Waals surface area contributed by atoms with Crippen LogP contribution in [0.5, 0.6) is 0 Å². The van der Waals surface area contributed by atoms with Crippen molar-refractivity contribution < 1.29 is 14.0 Å². The highest BCUT2D eigenvalue weighted by Crippen LogP contribution is 2.20. The lowest BCUT2D eigenvalue weighted by molar-refractivity contribution is -0.114. The summed E-state index contributed by atoms with van der Waals surface area (Å²) in [5.74, 6) is -1.60. The van der Waals surface area contributed by atoms with E-state index in [1.165, 1.54) is 19.1 Å². The predicted molar refractivity (Wildman–Crippen MR) is 93.2 cm³/mol. The van der Waals surface area contributed by atoms with E-state index in [0.29, 0.717) is 10.8 Å². The van der Waals surface area contributed by atoms with Crippen molar-refractivity contribution in [1.29, 1.82) is 0 Å². The van der Waals surface area contributed by atoms with Crippen molar-refractivity contribution in [3.8, 4) is 0 Å². The number of amides is 2. The van der Waals surface area contributed by atoms with Gasteiger partial charge in [-0.25, -0.2) is 4.39 Å². The van der Waals surface area contributed by atoms with Gasteiger partial charge in [-0.1, -0.05) is 18.2 Å². The van der Waals surface area contributed by atoms with E-state index in [1.807, 2.05) is 0 Å². The topological polar surface area (TPSA) is 91.1 Å². The van der Waals surface area contributed by atoms with Gasteiger partial charge in [0.1, 0.15) is 11.5 Å². The fourth-order valence-electron chi connectivity index (χ4n) is 2.42. The number of hydrogen-bond donors (Lipinski definition) is 3. The van der Waals surface area contributed by atoms with Crippen LogP contribution in [0.15, 0.2) is 53.3 Å². The van der Waals surface area contributed by atoms with Gasteiger partial charge in [-0.05, 0) is 35.7 Å². The summed E-state index contributed by atoms with van der Waals surface area (Å²) in [6.07, 6.45) is 0. The molecule has 0 unspecified atom stereocenters. The fourth-order valence-corrected chi connectivity index (χ4v) is 2.42. The summed E-state index contributed by atoms with van der Waals surface area (Å²) in [4.78, 5) is 38.0. The van der Waals surface area contributed by atoms with Crippen molar-refractivity contribution in [3.05, 3.63) is 70.4 Å². The quantitative estimate of drug-likeness (QED) is 0.685. The van der Waals surface area contributed by atoms with Crippen LogP contribution in [0.4, 0.5) is 15.8 Å². The number of carbonyl (C=O) groups excluding carboxylic acids is 2. The molecular weight excluding hydrogens is 325 g/mol. The van der Waals surface area contributed by atoms with E-state index >= 15 is 0 Å². The number of aromatic nitrogens is 1. The molecular formula is C18H14FN3O3. The van der Waals surface area contributed by atoms with Crippen molar-refractivity contribution in [2.75, 3.05) is 10.6 Å². The molecule has 6 nitrogen and oxygen atoms in total. The second-order valence-electron chi connectivity index (χ2n) is 5.43. The van der Waals surface area contributed by atoms with E-state index in [9.17, 15) is 18.8 Å². The molecule has 0 radical (unpaired) electrons. The number of H-pyrrole nitrogens is 1. The lowest BCUT2D eigenvalue weighted by Crippen LogP contribution is -2.19. The minimum atomic E-state index is -0.618. The monoisotopic (exact) mass is 339 g/mol. The average Bonchev–Trinajstić information content (AvgIpc) is 2.57. The summed E-state index contributed by atoms with van der Waals surface area (Å²) in [5.41, 5.74) is -0.0585. The van der Waals surface area contributed by atoms with Crippen LogP contribution in [0.1, 0.15) is 17.4 Å². The number of nitrogens with one attached hydrogen (secondary N) is 3. The molecule has 0 atom stereocenters. The second kappa shape index (κ2) is 6.56. The molecule has 2 aromatic carbocycles. The first-order valence-corrected chi connectivity index (χ1v) is 7.44. The van der Waals surface area contributed by atoms with Gasteiger partial charge in [0, 0.05) is 18.0 Å². The van der Waals surface area contributed by atoms with E-state index in [1.54, 1.807) is 30.3 Å². The van der Waals surface area contributed by atoms with E-state index in [2.05, 4.69) is 15.6 Å². The molecule has 3 N–H and O–H groups in total. The van der Waals surface area contributed by atoms with E-state index in [4.69, 9.17) is 0 Å². The summed E-state index contributed by atoms with van der Waals surface area (Å²) in [5, 5.41) is 6.01. The molecule has 0 bridgehead atoms. The Morgan fingerprint density at radius 2 is 1.80 bits per heavy atom. The molecule has 2 amide bonds.